The van der Waals surface area contributed by atoms with Crippen LogP contribution in [-0.2, 0) is 11.2 Å². The number of aryl methyl sites for hydroxylation is 1. The highest BCUT2D eigenvalue weighted by Crippen LogP contribution is 2.30. The van der Waals surface area contributed by atoms with Crippen molar-refractivity contribution in [3.63, 3.8) is 0 Å². The average Bonchev–Trinajstić information content (AvgIpc) is 3.39. The molecule has 192 valence electrons. The minimum absolute atomic E-state index is 0.0543. The molecular weight excluding hydrogens is 466 g/mol. The van der Waals surface area contributed by atoms with Crippen molar-refractivity contribution in [2.75, 3.05) is 45.9 Å². The Morgan fingerprint density at radius 2 is 1.81 bits per heavy atom. The first-order chi connectivity index (χ1) is 18.1. The van der Waals surface area contributed by atoms with Crippen LogP contribution in [0.4, 0.5) is 0 Å². The van der Waals surface area contributed by atoms with Crippen molar-refractivity contribution >= 4 is 27.7 Å². The van der Waals surface area contributed by atoms with Crippen LogP contribution in [0.15, 0.2) is 53.5 Å². The van der Waals surface area contributed by atoms with Gasteiger partial charge < -0.3 is 14.6 Å². The SMILES string of the molecule is Cc1cc2[nH]c(=O)c3cnn(C4CCOCC4)c3c2cc1C(=O)N1CCN(CCc2ccccc2)CC1. The summed E-state index contributed by atoms with van der Waals surface area (Å²) in [7, 11) is 0. The fourth-order valence-electron chi connectivity index (χ4n) is 5.71. The lowest BCUT2D eigenvalue weighted by Crippen LogP contribution is -2.49. The number of nitrogens with zero attached hydrogens (tertiary/aromatic N) is 4. The second-order valence-electron chi connectivity index (χ2n) is 10.2. The molecule has 0 aliphatic carbocycles. The van der Waals surface area contributed by atoms with E-state index in [2.05, 4.69) is 39.2 Å². The highest BCUT2D eigenvalue weighted by atomic mass is 16.5. The zero-order valence-corrected chi connectivity index (χ0v) is 21.3. The minimum Gasteiger partial charge on any atom is -0.381 e. The van der Waals surface area contributed by atoms with Crippen molar-refractivity contribution in [3.8, 4) is 0 Å². The van der Waals surface area contributed by atoms with E-state index >= 15 is 0 Å². The largest absolute Gasteiger partial charge is 0.381 e. The van der Waals surface area contributed by atoms with Crippen LogP contribution in [-0.4, -0.2) is 76.4 Å². The van der Waals surface area contributed by atoms with Gasteiger partial charge in [0.2, 0.25) is 0 Å². The Bertz CT molecular complexity index is 1480. The summed E-state index contributed by atoms with van der Waals surface area (Å²) in [6.07, 6.45) is 4.39. The van der Waals surface area contributed by atoms with Crippen molar-refractivity contribution in [2.24, 2.45) is 0 Å². The lowest BCUT2D eigenvalue weighted by molar-refractivity contribution is 0.0638. The van der Waals surface area contributed by atoms with Crippen molar-refractivity contribution in [3.05, 3.63) is 75.7 Å². The van der Waals surface area contributed by atoms with E-state index < -0.39 is 0 Å². The van der Waals surface area contributed by atoms with E-state index in [0.717, 1.165) is 60.9 Å². The summed E-state index contributed by atoms with van der Waals surface area (Å²) in [5.41, 5.74) is 4.31. The Kier molecular flexibility index (Phi) is 6.52. The predicted molar refractivity (Wildman–Crippen MR) is 144 cm³/mol. The fraction of sp³-hybridized carbons (Fsp3) is 0.414. The molecule has 2 aromatic heterocycles. The number of hydrogen-bond acceptors (Lipinski definition) is 5. The molecule has 8 nitrogen and oxygen atoms in total. The Hall–Kier alpha value is -3.49. The lowest BCUT2D eigenvalue weighted by atomic mass is 10.0. The van der Waals surface area contributed by atoms with Gasteiger partial charge in [0.15, 0.2) is 0 Å². The number of carbonyl (C=O) groups is 1. The molecule has 1 amide bonds. The number of amides is 1. The molecule has 2 fully saturated rings. The second-order valence-corrected chi connectivity index (χ2v) is 10.2. The van der Waals surface area contributed by atoms with Crippen LogP contribution in [0.2, 0.25) is 0 Å². The number of pyridine rings is 1. The summed E-state index contributed by atoms with van der Waals surface area (Å²) >= 11 is 0. The van der Waals surface area contributed by atoms with E-state index in [1.807, 2.05) is 34.7 Å². The standard InChI is InChI=1S/C29H33N5O3/c1-20-17-26-24(27-25(28(35)31-26)19-30-34(27)22-8-15-37-16-9-22)18-23(20)29(36)33-13-11-32(12-14-33)10-7-21-5-3-2-4-6-21/h2-6,17-19,22H,7-16H2,1H3,(H,31,35). The quantitative estimate of drug-likeness (QED) is 0.454. The maximum atomic E-state index is 13.7. The zero-order valence-electron chi connectivity index (χ0n) is 21.3. The first-order valence-electron chi connectivity index (χ1n) is 13.3. The van der Waals surface area contributed by atoms with Gasteiger partial charge in [0, 0.05) is 56.9 Å². The molecule has 2 aliphatic rings. The molecule has 6 rings (SSSR count). The summed E-state index contributed by atoms with van der Waals surface area (Å²) in [5.74, 6) is 0.0543. The summed E-state index contributed by atoms with van der Waals surface area (Å²) in [6.45, 7) is 7.50. The zero-order chi connectivity index (χ0) is 25.4. The molecule has 2 aromatic carbocycles. The van der Waals surface area contributed by atoms with Crippen LogP contribution < -0.4 is 5.56 Å². The van der Waals surface area contributed by atoms with Gasteiger partial charge in [-0.1, -0.05) is 30.3 Å². The molecule has 2 aliphatic heterocycles. The van der Waals surface area contributed by atoms with Crippen LogP contribution in [0.3, 0.4) is 0 Å². The molecular formula is C29H33N5O3. The minimum atomic E-state index is -0.147. The Labute approximate surface area is 215 Å². The molecule has 0 bridgehead atoms. The van der Waals surface area contributed by atoms with E-state index in [0.29, 0.717) is 37.3 Å². The van der Waals surface area contributed by atoms with Crippen molar-refractivity contribution in [1.82, 2.24) is 24.6 Å². The number of fused-ring (bicyclic) bond motifs is 3. The van der Waals surface area contributed by atoms with Gasteiger partial charge in [-0.2, -0.15) is 5.10 Å². The van der Waals surface area contributed by atoms with Gasteiger partial charge in [-0.15, -0.1) is 0 Å². The number of rotatable bonds is 5. The van der Waals surface area contributed by atoms with Crippen molar-refractivity contribution < 1.29 is 9.53 Å². The number of carbonyl (C=O) groups excluding carboxylic acids is 1. The van der Waals surface area contributed by atoms with E-state index in [4.69, 9.17) is 4.74 Å². The second kappa shape index (κ2) is 10.1. The third-order valence-electron chi connectivity index (χ3n) is 7.89. The molecule has 1 N–H and O–H groups in total. The molecule has 8 heteroatoms. The molecule has 0 unspecified atom stereocenters. The lowest BCUT2D eigenvalue weighted by Gasteiger charge is -2.35. The number of H-pyrrole nitrogens is 1. The van der Waals surface area contributed by atoms with Gasteiger partial charge in [0.1, 0.15) is 0 Å². The van der Waals surface area contributed by atoms with E-state index in [1.54, 1.807) is 6.20 Å². The number of hydrogen-bond donors (Lipinski definition) is 1. The Morgan fingerprint density at radius 3 is 2.57 bits per heavy atom. The number of aromatic amines is 1. The highest BCUT2D eigenvalue weighted by Gasteiger charge is 2.25. The summed E-state index contributed by atoms with van der Waals surface area (Å²) < 4.78 is 7.51. The Balaban J connectivity index is 1.25. The number of nitrogens with one attached hydrogen (secondary N) is 1. The average molecular weight is 500 g/mol. The third-order valence-corrected chi connectivity index (χ3v) is 7.89. The summed E-state index contributed by atoms with van der Waals surface area (Å²) in [4.78, 5) is 33.9. The highest BCUT2D eigenvalue weighted by molar-refractivity contribution is 6.07. The first-order valence-corrected chi connectivity index (χ1v) is 13.3. The maximum Gasteiger partial charge on any atom is 0.259 e. The topological polar surface area (TPSA) is 83.5 Å². The molecule has 0 saturated carbocycles. The predicted octanol–water partition coefficient (Wildman–Crippen LogP) is 3.54. The smallest absolute Gasteiger partial charge is 0.259 e. The molecule has 4 aromatic rings. The van der Waals surface area contributed by atoms with E-state index in [9.17, 15) is 9.59 Å². The first kappa shape index (κ1) is 23.9. The van der Waals surface area contributed by atoms with Gasteiger partial charge >= 0.3 is 0 Å². The molecule has 4 heterocycles. The number of ether oxygens (including phenoxy) is 1. The molecule has 2 saturated heterocycles. The normalized spacial score (nSPS) is 17.6. The van der Waals surface area contributed by atoms with Crippen LogP contribution in [0, 0.1) is 6.92 Å². The van der Waals surface area contributed by atoms with Gasteiger partial charge in [0.25, 0.3) is 11.5 Å². The van der Waals surface area contributed by atoms with Crippen molar-refractivity contribution in [1.29, 1.82) is 0 Å². The van der Waals surface area contributed by atoms with Gasteiger partial charge in [-0.05, 0) is 49.4 Å². The van der Waals surface area contributed by atoms with Crippen molar-refractivity contribution in [2.45, 2.75) is 32.2 Å². The van der Waals surface area contributed by atoms with Crippen LogP contribution in [0.1, 0.15) is 40.4 Å². The Morgan fingerprint density at radius 1 is 1.05 bits per heavy atom. The number of piperazine rings is 1. The summed E-state index contributed by atoms with van der Waals surface area (Å²) in [5, 5.41) is 6.04. The van der Waals surface area contributed by atoms with Crippen LogP contribution >= 0.6 is 0 Å². The van der Waals surface area contributed by atoms with Gasteiger partial charge in [0.05, 0.1) is 28.7 Å². The molecule has 0 radical (unpaired) electrons. The molecule has 0 atom stereocenters. The monoisotopic (exact) mass is 499 g/mol. The van der Waals surface area contributed by atoms with Crippen LogP contribution in [0.5, 0.6) is 0 Å². The van der Waals surface area contributed by atoms with Gasteiger partial charge in [-0.3, -0.25) is 19.2 Å². The number of aromatic nitrogens is 3. The third kappa shape index (κ3) is 4.67. The fourth-order valence-corrected chi connectivity index (χ4v) is 5.71. The van der Waals surface area contributed by atoms with E-state index in [1.165, 1.54) is 5.56 Å². The maximum absolute atomic E-state index is 13.7. The summed E-state index contributed by atoms with van der Waals surface area (Å²) in [6, 6.07) is 14.6. The van der Waals surface area contributed by atoms with Crippen LogP contribution in [0.25, 0.3) is 21.8 Å². The van der Waals surface area contributed by atoms with E-state index in [-0.39, 0.29) is 17.5 Å². The van der Waals surface area contributed by atoms with Gasteiger partial charge in [-0.25, -0.2) is 0 Å². The molecule has 37 heavy (non-hydrogen) atoms. The molecule has 0 spiro atoms. The number of benzene rings is 2.